The maximum Gasteiger partial charge on any atom is 0.191 e. The van der Waals surface area contributed by atoms with E-state index in [1.165, 1.54) is 17.4 Å². The van der Waals surface area contributed by atoms with Crippen molar-refractivity contribution in [3.8, 4) is 0 Å². The Hall–Kier alpha value is -0.900. The Morgan fingerprint density at radius 2 is 2.13 bits per heavy atom. The van der Waals surface area contributed by atoms with Crippen molar-refractivity contribution in [1.29, 1.82) is 0 Å². The van der Waals surface area contributed by atoms with E-state index in [0.29, 0.717) is 12.4 Å². The highest BCUT2D eigenvalue weighted by Gasteiger charge is 2.09. The fraction of sp³-hybridized carbons (Fsp3) is 0.600. The summed E-state index contributed by atoms with van der Waals surface area (Å²) in [6.07, 6.45) is 6.35. The van der Waals surface area contributed by atoms with Gasteiger partial charge in [0.05, 0.1) is 5.75 Å². The van der Waals surface area contributed by atoms with Crippen molar-refractivity contribution >= 4 is 39.8 Å². The number of aromatic nitrogens is 1. The van der Waals surface area contributed by atoms with Crippen molar-refractivity contribution in [3.63, 3.8) is 0 Å². The first-order valence-electron chi connectivity index (χ1n) is 7.36. The van der Waals surface area contributed by atoms with Gasteiger partial charge >= 0.3 is 0 Å². The molecule has 0 aliphatic rings. The Labute approximate surface area is 156 Å². The minimum absolute atomic E-state index is 0. The van der Waals surface area contributed by atoms with Crippen LogP contribution in [0.3, 0.4) is 0 Å². The number of halogens is 1. The first-order valence-corrected chi connectivity index (χ1v) is 9.42. The molecule has 1 aromatic heterocycles. The van der Waals surface area contributed by atoms with E-state index in [1.807, 2.05) is 26.1 Å². The molecule has 0 saturated carbocycles. The van der Waals surface area contributed by atoms with E-state index >= 15 is 0 Å². The van der Waals surface area contributed by atoms with Crippen molar-refractivity contribution < 1.29 is 8.42 Å². The fourth-order valence-electron chi connectivity index (χ4n) is 1.99. The first kappa shape index (κ1) is 22.1. The third-order valence-electron chi connectivity index (χ3n) is 3.35. The standard InChI is InChI=1S/C15H26N4O2S.HI/c1-12-11-17-8-5-14(12)6-9-18-15(16-3)19-13(2)7-10-22(4,20)21;/h5,8,11,13H,6-7,9-10H2,1-4H3,(H2,16,18,19);1H. The van der Waals surface area contributed by atoms with Crippen molar-refractivity contribution in [3.05, 3.63) is 29.6 Å². The van der Waals surface area contributed by atoms with E-state index in [-0.39, 0.29) is 35.8 Å². The number of nitrogens with zero attached hydrogens (tertiary/aromatic N) is 2. The predicted molar refractivity (Wildman–Crippen MR) is 106 cm³/mol. The lowest BCUT2D eigenvalue weighted by Crippen LogP contribution is -2.43. The second-order valence-corrected chi connectivity index (χ2v) is 7.77. The van der Waals surface area contributed by atoms with Gasteiger partial charge in [-0.2, -0.15) is 0 Å². The van der Waals surface area contributed by atoms with Gasteiger partial charge in [0.1, 0.15) is 9.84 Å². The number of sulfone groups is 1. The van der Waals surface area contributed by atoms with Gasteiger partial charge in [-0.25, -0.2) is 8.42 Å². The molecular weight excluding hydrogens is 427 g/mol. The molecule has 8 heteroatoms. The van der Waals surface area contributed by atoms with Gasteiger partial charge in [0.15, 0.2) is 5.96 Å². The molecular formula is C15H27IN4O2S. The van der Waals surface area contributed by atoms with Gasteiger partial charge in [-0.15, -0.1) is 24.0 Å². The molecule has 1 rings (SSSR count). The lowest BCUT2D eigenvalue weighted by atomic mass is 10.1. The van der Waals surface area contributed by atoms with Gasteiger partial charge in [-0.3, -0.25) is 9.98 Å². The highest BCUT2D eigenvalue weighted by atomic mass is 127. The van der Waals surface area contributed by atoms with Crippen LogP contribution in [0.4, 0.5) is 0 Å². The minimum Gasteiger partial charge on any atom is -0.356 e. The zero-order valence-corrected chi connectivity index (χ0v) is 17.3. The molecule has 132 valence electrons. The minimum atomic E-state index is -2.93. The summed E-state index contributed by atoms with van der Waals surface area (Å²) in [6, 6.07) is 2.06. The molecule has 0 bridgehead atoms. The van der Waals surface area contributed by atoms with Gasteiger partial charge in [0.2, 0.25) is 0 Å². The molecule has 1 heterocycles. The Morgan fingerprint density at radius 1 is 1.43 bits per heavy atom. The second kappa shape index (κ2) is 10.8. The van der Waals surface area contributed by atoms with Crippen molar-refractivity contribution in [1.82, 2.24) is 15.6 Å². The predicted octanol–water partition coefficient (Wildman–Crippen LogP) is 1.54. The van der Waals surface area contributed by atoms with E-state index in [2.05, 4.69) is 20.6 Å². The van der Waals surface area contributed by atoms with Crippen LogP contribution in [0.25, 0.3) is 0 Å². The zero-order valence-electron chi connectivity index (χ0n) is 14.2. The summed E-state index contributed by atoms with van der Waals surface area (Å²) in [5.74, 6) is 0.863. The molecule has 23 heavy (non-hydrogen) atoms. The van der Waals surface area contributed by atoms with Crippen LogP contribution in [0.2, 0.25) is 0 Å². The van der Waals surface area contributed by atoms with Gasteiger partial charge in [-0.1, -0.05) is 0 Å². The zero-order chi connectivity index (χ0) is 16.6. The Morgan fingerprint density at radius 3 is 2.70 bits per heavy atom. The maximum absolute atomic E-state index is 11.2. The lowest BCUT2D eigenvalue weighted by Gasteiger charge is -2.17. The van der Waals surface area contributed by atoms with E-state index in [0.717, 1.165) is 13.0 Å². The summed E-state index contributed by atoms with van der Waals surface area (Å²) in [5, 5.41) is 6.44. The second-order valence-electron chi connectivity index (χ2n) is 5.52. The molecule has 0 amide bonds. The van der Waals surface area contributed by atoms with E-state index in [9.17, 15) is 8.42 Å². The third kappa shape index (κ3) is 9.75. The monoisotopic (exact) mass is 454 g/mol. The average molecular weight is 454 g/mol. The SMILES string of the molecule is CN=C(NCCc1ccncc1C)NC(C)CCS(C)(=O)=O.I. The van der Waals surface area contributed by atoms with Crippen molar-refractivity contribution in [2.24, 2.45) is 4.99 Å². The number of hydrogen-bond donors (Lipinski definition) is 2. The van der Waals surface area contributed by atoms with Crippen LogP contribution in [-0.4, -0.2) is 51.0 Å². The number of aryl methyl sites for hydroxylation is 1. The number of hydrogen-bond acceptors (Lipinski definition) is 4. The molecule has 0 spiro atoms. The molecule has 0 fully saturated rings. The largest absolute Gasteiger partial charge is 0.356 e. The summed E-state index contributed by atoms with van der Waals surface area (Å²) in [4.78, 5) is 8.24. The quantitative estimate of drug-likeness (QED) is 0.371. The number of rotatable bonds is 7. The van der Waals surface area contributed by atoms with Crippen molar-refractivity contribution in [2.45, 2.75) is 32.7 Å². The highest BCUT2D eigenvalue weighted by Crippen LogP contribution is 2.04. The molecule has 0 aromatic carbocycles. The van der Waals surface area contributed by atoms with Crippen molar-refractivity contribution in [2.75, 3.05) is 25.6 Å². The van der Waals surface area contributed by atoms with Gasteiger partial charge in [-0.05, 0) is 43.9 Å². The van der Waals surface area contributed by atoms with Crippen LogP contribution >= 0.6 is 24.0 Å². The Bertz CT molecular complexity index is 605. The molecule has 0 saturated heterocycles. The lowest BCUT2D eigenvalue weighted by molar-refractivity contribution is 0.581. The molecule has 0 aliphatic heterocycles. The molecule has 1 unspecified atom stereocenters. The van der Waals surface area contributed by atoms with Crippen LogP contribution in [0.1, 0.15) is 24.5 Å². The van der Waals surface area contributed by atoms with E-state index in [1.54, 1.807) is 13.2 Å². The number of aliphatic imine (C=N–C) groups is 1. The highest BCUT2D eigenvalue weighted by molar-refractivity contribution is 14.0. The molecule has 1 aromatic rings. The van der Waals surface area contributed by atoms with Gasteiger partial charge < -0.3 is 10.6 Å². The normalized spacial score (nSPS) is 13.1. The third-order valence-corrected chi connectivity index (χ3v) is 4.33. The molecule has 2 N–H and O–H groups in total. The Balaban J connectivity index is 0.00000484. The Kier molecular flexibility index (Phi) is 10.4. The van der Waals surface area contributed by atoms with Gasteiger partial charge in [0.25, 0.3) is 0 Å². The molecule has 0 radical (unpaired) electrons. The molecule has 0 aliphatic carbocycles. The van der Waals surface area contributed by atoms with E-state index < -0.39 is 9.84 Å². The van der Waals surface area contributed by atoms with Gasteiger partial charge in [0, 0.05) is 38.3 Å². The summed E-state index contributed by atoms with van der Waals surface area (Å²) in [7, 11) is -1.22. The van der Waals surface area contributed by atoms with Crippen LogP contribution in [0, 0.1) is 6.92 Å². The summed E-state index contributed by atoms with van der Waals surface area (Å²) in [5.41, 5.74) is 2.43. The maximum atomic E-state index is 11.2. The van der Waals surface area contributed by atoms with Crippen LogP contribution in [0.15, 0.2) is 23.5 Å². The molecule has 6 nitrogen and oxygen atoms in total. The molecule has 1 atom stereocenters. The average Bonchev–Trinajstić information content (AvgIpc) is 2.45. The van der Waals surface area contributed by atoms with Crippen LogP contribution < -0.4 is 10.6 Å². The van der Waals surface area contributed by atoms with Crippen LogP contribution in [-0.2, 0) is 16.3 Å². The fourth-order valence-corrected chi connectivity index (χ4v) is 2.77. The van der Waals surface area contributed by atoms with E-state index in [4.69, 9.17) is 0 Å². The smallest absolute Gasteiger partial charge is 0.191 e. The summed E-state index contributed by atoms with van der Waals surface area (Å²) >= 11 is 0. The number of nitrogens with one attached hydrogen (secondary N) is 2. The number of guanidine groups is 1. The number of pyridine rings is 1. The summed E-state index contributed by atoms with van der Waals surface area (Å²) in [6.45, 7) is 4.75. The summed E-state index contributed by atoms with van der Waals surface area (Å²) < 4.78 is 22.3. The van der Waals surface area contributed by atoms with Crippen LogP contribution in [0.5, 0.6) is 0 Å². The first-order chi connectivity index (χ1) is 10.3. The topological polar surface area (TPSA) is 83.4 Å².